The third-order valence-corrected chi connectivity index (χ3v) is 3.09. The molecule has 5 heteroatoms. The van der Waals surface area contributed by atoms with E-state index in [1.54, 1.807) is 6.20 Å². The van der Waals surface area contributed by atoms with E-state index in [2.05, 4.69) is 19.4 Å². The van der Waals surface area contributed by atoms with Crippen molar-refractivity contribution in [3.8, 4) is 0 Å². The molecule has 2 aromatic heterocycles. The topological polar surface area (TPSA) is 53.9 Å². The molecule has 17 heavy (non-hydrogen) atoms. The maximum atomic E-state index is 11.9. The highest BCUT2D eigenvalue weighted by Gasteiger charge is 2.19. The molecule has 0 bridgehead atoms. The third kappa shape index (κ3) is 2.01. The van der Waals surface area contributed by atoms with Gasteiger partial charge in [-0.15, -0.1) is 0 Å². The van der Waals surface area contributed by atoms with E-state index in [4.69, 9.17) is 0 Å². The van der Waals surface area contributed by atoms with Crippen molar-refractivity contribution < 1.29 is 4.79 Å². The summed E-state index contributed by atoms with van der Waals surface area (Å²) >= 11 is 0. The fraction of sp³-hybridized carbons (Fsp3) is 0.333. The number of H-pyrrole nitrogens is 1. The zero-order valence-electron chi connectivity index (χ0n) is 9.47. The smallest absolute Gasteiger partial charge is 0.192 e. The van der Waals surface area contributed by atoms with Gasteiger partial charge in [0.05, 0.1) is 18.8 Å². The van der Waals surface area contributed by atoms with Crippen molar-refractivity contribution in [2.45, 2.75) is 13.1 Å². The summed E-state index contributed by atoms with van der Waals surface area (Å²) in [5, 5.41) is 0. The van der Waals surface area contributed by atoms with Crippen molar-refractivity contribution in [2.75, 3.05) is 13.1 Å². The van der Waals surface area contributed by atoms with Crippen LogP contribution in [0.5, 0.6) is 0 Å². The Bertz CT molecular complexity index is 514. The minimum atomic E-state index is 0.134. The minimum Gasteiger partial charge on any atom is -0.359 e. The van der Waals surface area contributed by atoms with Crippen LogP contribution in [-0.4, -0.2) is 38.3 Å². The molecule has 1 aliphatic heterocycles. The van der Waals surface area contributed by atoms with Crippen molar-refractivity contribution in [2.24, 2.45) is 0 Å². The number of nitrogens with one attached hydrogen (secondary N) is 1. The number of fused-ring (bicyclic) bond motifs is 1. The summed E-state index contributed by atoms with van der Waals surface area (Å²) in [6.45, 7) is 3.01. The van der Waals surface area contributed by atoms with E-state index in [1.807, 2.05) is 24.5 Å². The molecule has 0 fully saturated rings. The number of aromatic nitrogens is 3. The van der Waals surface area contributed by atoms with E-state index in [1.165, 1.54) is 0 Å². The second kappa shape index (κ2) is 4.18. The van der Waals surface area contributed by atoms with Crippen LogP contribution >= 0.6 is 0 Å². The molecule has 3 rings (SSSR count). The maximum Gasteiger partial charge on any atom is 0.192 e. The maximum absolute atomic E-state index is 11.9. The van der Waals surface area contributed by atoms with Gasteiger partial charge in [0.25, 0.3) is 0 Å². The van der Waals surface area contributed by atoms with Crippen LogP contribution in [0.25, 0.3) is 0 Å². The number of imidazole rings is 1. The molecule has 5 nitrogen and oxygen atoms in total. The summed E-state index contributed by atoms with van der Waals surface area (Å²) in [7, 11) is 0. The van der Waals surface area contributed by atoms with Gasteiger partial charge in [-0.3, -0.25) is 9.69 Å². The van der Waals surface area contributed by atoms with E-state index in [9.17, 15) is 4.79 Å². The number of rotatable bonds is 3. The molecular weight excluding hydrogens is 216 g/mol. The first-order chi connectivity index (χ1) is 8.33. The van der Waals surface area contributed by atoms with Crippen LogP contribution in [0, 0.1) is 0 Å². The largest absolute Gasteiger partial charge is 0.359 e. The zero-order valence-corrected chi connectivity index (χ0v) is 9.47. The second-order valence-corrected chi connectivity index (χ2v) is 4.25. The van der Waals surface area contributed by atoms with Gasteiger partial charge in [0.15, 0.2) is 5.78 Å². The summed E-state index contributed by atoms with van der Waals surface area (Å²) in [4.78, 5) is 21.3. The summed E-state index contributed by atoms with van der Waals surface area (Å²) in [6.07, 6.45) is 5.57. The molecule has 1 N–H and O–H groups in total. The quantitative estimate of drug-likeness (QED) is 0.797. The predicted octanol–water partition coefficient (Wildman–Crippen LogP) is 0.910. The van der Waals surface area contributed by atoms with Crippen LogP contribution in [0.1, 0.15) is 16.3 Å². The van der Waals surface area contributed by atoms with Gasteiger partial charge in [-0.2, -0.15) is 0 Å². The average Bonchev–Trinajstić information content (AvgIpc) is 2.99. The second-order valence-electron chi connectivity index (χ2n) is 4.25. The number of nitrogens with zero attached hydrogens (tertiary/aromatic N) is 3. The number of carbonyl (C=O) groups is 1. The van der Waals surface area contributed by atoms with E-state index in [0.717, 1.165) is 25.5 Å². The first-order valence-electron chi connectivity index (χ1n) is 5.72. The van der Waals surface area contributed by atoms with Crippen LogP contribution < -0.4 is 0 Å². The molecule has 0 radical (unpaired) electrons. The fourth-order valence-corrected chi connectivity index (χ4v) is 2.15. The zero-order chi connectivity index (χ0) is 11.7. The van der Waals surface area contributed by atoms with Crippen molar-refractivity contribution in [1.82, 2.24) is 19.4 Å². The lowest BCUT2D eigenvalue weighted by Crippen LogP contribution is -2.37. The van der Waals surface area contributed by atoms with Crippen LogP contribution in [0.4, 0.5) is 0 Å². The molecule has 0 amide bonds. The van der Waals surface area contributed by atoms with Crippen LogP contribution in [0.3, 0.4) is 0 Å². The first kappa shape index (κ1) is 10.3. The molecule has 88 valence electrons. The summed E-state index contributed by atoms with van der Waals surface area (Å²) in [6, 6.07) is 3.66. The molecule has 0 atom stereocenters. The summed E-state index contributed by atoms with van der Waals surface area (Å²) in [5.74, 6) is 1.17. The van der Waals surface area contributed by atoms with Crippen LogP contribution in [0.15, 0.2) is 30.7 Å². The Hall–Kier alpha value is -1.88. The van der Waals surface area contributed by atoms with Gasteiger partial charge in [-0.05, 0) is 12.1 Å². The molecule has 2 aromatic rings. The molecule has 0 aliphatic carbocycles. The number of carbonyl (C=O) groups excluding carboxylic acids is 1. The van der Waals surface area contributed by atoms with E-state index in [-0.39, 0.29) is 5.78 Å². The molecule has 0 spiro atoms. The standard InChI is InChI=1S/C12H14N4O/c17-11(10-2-1-3-13-10)8-15-6-7-16-5-4-14-12(16)9-15/h1-5,13H,6-9H2. The molecule has 0 saturated carbocycles. The van der Waals surface area contributed by atoms with Gasteiger partial charge in [0, 0.05) is 31.7 Å². The molecular formula is C12H14N4O. The number of ketones is 1. The number of hydrogen-bond acceptors (Lipinski definition) is 3. The Morgan fingerprint density at radius 3 is 3.24 bits per heavy atom. The van der Waals surface area contributed by atoms with E-state index >= 15 is 0 Å². The van der Waals surface area contributed by atoms with Gasteiger partial charge in [-0.1, -0.05) is 0 Å². The Kier molecular flexibility index (Phi) is 2.53. The van der Waals surface area contributed by atoms with E-state index in [0.29, 0.717) is 12.2 Å². The predicted molar refractivity (Wildman–Crippen MR) is 62.6 cm³/mol. The molecule has 0 unspecified atom stereocenters. The lowest BCUT2D eigenvalue weighted by molar-refractivity contribution is 0.0903. The van der Waals surface area contributed by atoms with Crippen LogP contribution in [0.2, 0.25) is 0 Å². The highest BCUT2D eigenvalue weighted by Crippen LogP contribution is 2.10. The van der Waals surface area contributed by atoms with Crippen molar-refractivity contribution in [3.63, 3.8) is 0 Å². The van der Waals surface area contributed by atoms with Gasteiger partial charge < -0.3 is 9.55 Å². The van der Waals surface area contributed by atoms with Gasteiger partial charge >= 0.3 is 0 Å². The third-order valence-electron chi connectivity index (χ3n) is 3.09. The van der Waals surface area contributed by atoms with Crippen molar-refractivity contribution in [1.29, 1.82) is 0 Å². The number of Topliss-reactive ketones (excluding diaryl/α,β-unsaturated/α-hetero) is 1. The van der Waals surface area contributed by atoms with Crippen LogP contribution in [-0.2, 0) is 13.1 Å². The fourth-order valence-electron chi connectivity index (χ4n) is 2.15. The first-order valence-corrected chi connectivity index (χ1v) is 5.72. The Balaban J connectivity index is 1.66. The molecule has 0 aromatic carbocycles. The Morgan fingerprint density at radius 2 is 2.41 bits per heavy atom. The molecule has 3 heterocycles. The van der Waals surface area contributed by atoms with Gasteiger partial charge in [0.2, 0.25) is 0 Å². The summed E-state index contributed by atoms with van der Waals surface area (Å²) in [5.41, 5.74) is 0.680. The minimum absolute atomic E-state index is 0.134. The Labute approximate surface area is 99.1 Å². The molecule has 0 saturated heterocycles. The highest BCUT2D eigenvalue weighted by molar-refractivity contribution is 5.95. The highest BCUT2D eigenvalue weighted by atomic mass is 16.1. The van der Waals surface area contributed by atoms with E-state index < -0.39 is 0 Å². The lowest BCUT2D eigenvalue weighted by Gasteiger charge is -2.26. The lowest BCUT2D eigenvalue weighted by atomic mass is 10.2. The number of aromatic amines is 1. The average molecular weight is 230 g/mol. The molecule has 1 aliphatic rings. The van der Waals surface area contributed by atoms with Gasteiger partial charge in [-0.25, -0.2) is 4.98 Å². The normalized spacial score (nSPS) is 15.8. The SMILES string of the molecule is O=C(CN1CCn2ccnc2C1)c1ccc[nH]1. The number of hydrogen-bond donors (Lipinski definition) is 1. The Morgan fingerprint density at radius 1 is 1.47 bits per heavy atom. The van der Waals surface area contributed by atoms with Gasteiger partial charge in [0.1, 0.15) is 5.82 Å². The monoisotopic (exact) mass is 230 g/mol. The van der Waals surface area contributed by atoms with Crippen molar-refractivity contribution in [3.05, 3.63) is 42.2 Å². The van der Waals surface area contributed by atoms with Crippen molar-refractivity contribution >= 4 is 5.78 Å². The summed E-state index contributed by atoms with van der Waals surface area (Å²) < 4.78 is 2.13.